The number of pyridine rings is 1. The van der Waals surface area contributed by atoms with Crippen molar-refractivity contribution in [2.75, 3.05) is 26.2 Å². The number of hydrogen-bond donors (Lipinski definition) is 3. The number of aliphatic hydroxyl groups is 1. The summed E-state index contributed by atoms with van der Waals surface area (Å²) in [5.41, 5.74) is 4.00. The number of ether oxygens (including phenoxy) is 1. The smallest absolute Gasteiger partial charge is 0.251 e. The number of hydrogen-bond acceptors (Lipinski definition) is 6. The second-order valence-electron chi connectivity index (χ2n) is 8.74. The molecule has 8 nitrogen and oxygen atoms in total. The van der Waals surface area contributed by atoms with Crippen molar-refractivity contribution >= 4 is 16.8 Å². The van der Waals surface area contributed by atoms with Crippen LogP contribution in [0.15, 0.2) is 66.9 Å². The normalized spacial score (nSPS) is 14.8. The van der Waals surface area contributed by atoms with Crippen molar-refractivity contribution in [2.45, 2.75) is 25.5 Å². The number of H-pyrrole nitrogens is 1. The molecule has 3 N–H and O–H groups in total. The largest absolute Gasteiger partial charge is 0.490 e. The molecule has 0 aliphatic carbocycles. The highest BCUT2D eigenvalue weighted by Gasteiger charge is 2.20. The first-order valence-corrected chi connectivity index (χ1v) is 12.0. The minimum Gasteiger partial charge on any atom is -0.490 e. The number of β-amino-alcohol motifs (C(OH)–C–C–N with tert-alkyl or cyclic N) is 1. The molecule has 35 heavy (non-hydrogen) atoms. The quantitative estimate of drug-likeness (QED) is 0.364. The third-order valence-electron chi connectivity index (χ3n) is 6.36. The topological polar surface area (TPSA) is 103 Å². The van der Waals surface area contributed by atoms with Crippen LogP contribution in [0.25, 0.3) is 22.2 Å². The van der Waals surface area contributed by atoms with Crippen molar-refractivity contribution in [3.63, 3.8) is 0 Å². The fourth-order valence-electron chi connectivity index (χ4n) is 4.43. The highest BCUT2D eigenvalue weighted by Crippen LogP contribution is 2.29. The first-order valence-electron chi connectivity index (χ1n) is 12.0. The summed E-state index contributed by atoms with van der Waals surface area (Å²) in [5.74, 6) is 0.683. The molecule has 3 heterocycles. The van der Waals surface area contributed by atoms with E-state index >= 15 is 0 Å². The first kappa shape index (κ1) is 23.0. The number of piperidine rings is 1. The number of rotatable bonds is 8. The number of aromatic amines is 1. The third-order valence-corrected chi connectivity index (χ3v) is 6.36. The molecule has 1 aliphatic rings. The van der Waals surface area contributed by atoms with Gasteiger partial charge in [0.05, 0.1) is 30.1 Å². The molecule has 180 valence electrons. The maximum Gasteiger partial charge on any atom is 0.251 e. The molecule has 1 aliphatic heterocycles. The summed E-state index contributed by atoms with van der Waals surface area (Å²) in [6.45, 7) is 3.19. The fraction of sp³-hybridized carbons (Fsp3) is 0.296. The fourth-order valence-corrected chi connectivity index (χ4v) is 4.43. The molecular formula is C27H29N5O3. The van der Waals surface area contributed by atoms with Crippen molar-refractivity contribution in [1.29, 1.82) is 0 Å². The van der Waals surface area contributed by atoms with Gasteiger partial charge in [-0.15, -0.1) is 0 Å². The Kier molecular flexibility index (Phi) is 7.02. The Balaban J connectivity index is 1.26. The Hall–Kier alpha value is -3.75. The Labute approximate surface area is 204 Å². The Bertz CT molecular complexity index is 1270. The van der Waals surface area contributed by atoms with Gasteiger partial charge in [-0.3, -0.25) is 14.9 Å². The van der Waals surface area contributed by atoms with Gasteiger partial charge in [0.2, 0.25) is 0 Å². The Morgan fingerprint density at radius 3 is 2.69 bits per heavy atom. The van der Waals surface area contributed by atoms with Crippen LogP contribution in [0.1, 0.15) is 28.9 Å². The van der Waals surface area contributed by atoms with Crippen molar-refractivity contribution < 1.29 is 14.6 Å². The number of likely N-dealkylation sites (tertiary alicyclic amines) is 1. The van der Waals surface area contributed by atoms with E-state index in [0.717, 1.165) is 66.1 Å². The van der Waals surface area contributed by atoms with E-state index in [1.807, 2.05) is 54.6 Å². The van der Waals surface area contributed by atoms with Crippen LogP contribution in [0.5, 0.6) is 5.75 Å². The molecule has 1 saturated heterocycles. The molecular weight excluding hydrogens is 442 g/mol. The summed E-state index contributed by atoms with van der Waals surface area (Å²) >= 11 is 0. The van der Waals surface area contributed by atoms with E-state index in [-0.39, 0.29) is 18.6 Å². The zero-order valence-electron chi connectivity index (χ0n) is 19.5. The molecule has 2 aromatic carbocycles. The van der Waals surface area contributed by atoms with Crippen LogP contribution < -0.4 is 10.1 Å². The van der Waals surface area contributed by atoms with Gasteiger partial charge < -0.3 is 20.1 Å². The lowest BCUT2D eigenvalue weighted by molar-refractivity contribution is 0.0889. The SMILES string of the molecule is O=C(NCc1ccccn1)c1ccc2[nH]nc(-c3ccc(OC4CCN(CCO)CC4)cc3)c2c1. The van der Waals surface area contributed by atoms with Gasteiger partial charge in [-0.2, -0.15) is 5.10 Å². The first-order chi connectivity index (χ1) is 17.2. The van der Waals surface area contributed by atoms with Gasteiger partial charge in [0.1, 0.15) is 11.9 Å². The third kappa shape index (κ3) is 5.50. The Morgan fingerprint density at radius 2 is 1.94 bits per heavy atom. The minimum absolute atomic E-state index is 0.154. The van der Waals surface area contributed by atoms with Gasteiger partial charge >= 0.3 is 0 Å². The predicted octanol–water partition coefficient (Wildman–Crippen LogP) is 3.39. The summed E-state index contributed by atoms with van der Waals surface area (Å²) in [7, 11) is 0. The van der Waals surface area contributed by atoms with Crippen molar-refractivity contribution in [3.05, 3.63) is 78.1 Å². The molecule has 1 amide bonds. The summed E-state index contributed by atoms with van der Waals surface area (Å²) < 4.78 is 6.18. The number of nitrogens with one attached hydrogen (secondary N) is 2. The lowest BCUT2D eigenvalue weighted by Crippen LogP contribution is -2.39. The van der Waals surface area contributed by atoms with Crippen LogP contribution in [0, 0.1) is 0 Å². The van der Waals surface area contributed by atoms with Gasteiger partial charge in [0.15, 0.2) is 0 Å². The summed E-state index contributed by atoms with van der Waals surface area (Å²) in [6.07, 6.45) is 3.81. The molecule has 0 unspecified atom stereocenters. The monoisotopic (exact) mass is 471 g/mol. The second-order valence-corrected chi connectivity index (χ2v) is 8.74. The highest BCUT2D eigenvalue weighted by molar-refractivity contribution is 6.01. The van der Waals surface area contributed by atoms with E-state index in [4.69, 9.17) is 9.84 Å². The van der Waals surface area contributed by atoms with E-state index < -0.39 is 0 Å². The number of aromatic nitrogens is 3. The van der Waals surface area contributed by atoms with Crippen LogP contribution in [0.3, 0.4) is 0 Å². The van der Waals surface area contributed by atoms with Crippen LogP contribution in [-0.2, 0) is 6.54 Å². The lowest BCUT2D eigenvalue weighted by Gasteiger charge is -2.31. The predicted molar refractivity (Wildman–Crippen MR) is 134 cm³/mol. The number of amides is 1. The second kappa shape index (κ2) is 10.7. The maximum absolute atomic E-state index is 12.7. The standard InChI is InChI=1S/C27H29N5O3/c33-16-15-32-13-10-23(11-14-32)35-22-7-4-19(5-8-22)26-24-17-20(6-9-25(24)30-31-26)27(34)29-18-21-3-1-2-12-28-21/h1-9,12,17,23,33H,10-11,13-16,18H2,(H,29,34)(H,30,31). The van der Waals surface area contributed by atoms with Gasteiger partial charge in [-0.05, 0) is 67.4 Å². The van der Waals surface area contributed by atoms with Crippen molar-refractivity contribution in [1.82, 2.24) is 25.4 Å². The van der Waals surface area contributed by atoms with E-state index in [1.165, 1.54) is 0 Å². The molecule has 0 bridgehead atoms. The molecule has 2 aromatic heterocycles. The van der Waals surface area contributed by atoms with Crippen molar-refractivity contribution in [3.8, 4) is 17.0 Å². The zero-order chi connectivity index (χ0) is 24.0. The molecule has 0 spiro atoms. The summed E-state index contributed by atoms with van der Waals surface area (Å²) in [6, 6.07) is 19.1. The van der Waals surface area contributed by atoms with Gasteiger partial charge in [-0.1, -0.05) is 6.07 Å². The molecule has 0 atom stereocenters. The number of benzene rings is 2. The molecule has 0 saturated carbocycles. The lowest BCUT2D eigenvalue weighted by atomic mass is 10.0. The van der Waals surface area contributed by atoms with Crippen LogP contribution >= 0.6 is 0 Å². The summed E-state index contributed by atoms with van der Waals surface area (Å²) in [4.78, 5) is 19.2. The number of carbonyl (C=O) groups excluding carboxylic acids is 1. The molecule has 0 radical (unpaired) electrons. The zero-order valence-corrected chi connectivity index (χ0v) is 19.5. The number of carbonyl (C=O) groups is 1. The maximum atomic E-state index is 12.7. The highest BCUT2D eigenvalue weighted by atomic mass is 16.5. The van der Waals surface area contributed by atoms with Crippen molar-refractivity contribution in [2.24, 2.45) is 0 Å². The van der Waals surface area contributed by atoms with Gasteiger partial charge in [0, 0.05) is 42.3 Å². The van der Waals surface area contributed by atoms with Crippen LogP contribution in [0.4, 0.5) is 0 Å². The summed E-state index contributed by atoms with van der Waals surface area (Å²) in [5, 5.41) is 20.5. The molecule has 1 fully saturated rings. The van der Waals surface area contributed by atoms with E-state index in [9.17, 15) is 4.79 Å². The molecule has 5 rings (SSSR count). The molecule has 8 heteroatoms. The number of aliphatic hydroxyl groups excluding tert-OH is 1. The minimum atomic E-state index is -0.154. The average molecular weight is 472 g/mol. The van der Waals surface area contributed by atoms with Crippen LogP contribution in [0.2, 0.25) is 0 Å². The Morgan fingerprint density at radius 1 is 1.11 bits per heavy atom. The van der Waals surface area contributed by atoms with Crippen LogP contribution in [-0.4, -0.2) is 63.4 Å². The van der Waals surface area contributed by atoms with E-state index in [0.29, 0.717) is 12.1 Å². The average Bonchev–Trinajstić information content (AvgIpc) is 3.33. The van der Waals surface area contributed by atoms with E-state index in [1.54, 1.807) is 12.3 Å². The number of nitrogens with zero attached hydrogens (tertiary/aromatic N) is 3. The van der Waals surface area contributed by atoms with E-state index in [2.05, 4.69) is 25.4 Å². The number of fused-ring (bicyclic) bond motifs is 1. The van der Waals surface area contributed by atoms with Gasteiger partial charge in [-0.25, -0.2) is 0 Å². The van der Waals surface area contributed by atoms with Gasteiger partial charge in [0.25, 0.3) is 5.91 Å². The molecule has 4 aromatic rings.